The van der Waals surface area contributed by atoms with E-state index in [-0.39, 0.29) is 32.3 Å². The van der Waals surface area contributed by atoms with Gasteiger partial charge in [-0.3, -0.25) is 14.2 Å². The van der Waals surface area contributed by atoms with Crippen LogP contribution in [0.3, 0.4) is 0 Å². The molecule has 2 aromatic heterocycles. The van der Waals surface area contributed by atoms with Gasteiger partial charge in [0.05, 0.1) is 5.02 Å². The number of fused-ring (bicyclic) bond motifs is 1. The van der Waals surface area contributed by atoms with Crippen molar-refractivity contribution in [1.29, 1.82) is 0 Å². The molecule has 0 aliphatic heterocycles. The van der Waals surface area contributed by atoms with Crippen LogP contribution in [0.15, 0.2) is 26.1 Å². The zero-order valence-electron chi connectivity index (χ0n) is 15.3. The monoisotopic (exact) mass is 449 g/mol. The molecular formula is C17H12ClF4N3O5. The largest absolute Gasteiger partial charge is 0.431 e. The molecule has 1 aromatic carbocycles. The number of hydrogen-bond acceptors (Lipinski definition) is 6. The molecule has 0 aliphatic carbocycles. The van der Waals surface area contributed by atoms with Crippen LogP contribution in [0.25, 0.3) is 16.8 Å². The number of halogens is 5. The van der Waals surface area contributed by atoms with E-state index < -0.39 is 58.5 Å². The molecular weight excluding hydrogens is 438 g/mol. The summed E-state index contributed by atoms with van der Waals surface area (Å²) in [5.74, 6) is -2.52. The van der Waals surface area contributed by atoms with Crippen molar-refractivity contribution in [3.05, 3.63) is 55.4 Å². The van der Waals surface area contributed by atoms with Gasteiger partial charge in [-0.15, -0.1) is 0 Å². The number of hydrogen-bond donors (Lipinski definition) is 0. The Hall–Kier alpha value is -2.99. The van der Waals surface area contributed by atoms with Gasteiger partial charge in [0.15, 0.2) is 11.4 Å². The number of ketones is 1. The van der Waals surface area contributed by atoms with Crippen LogP contribution < -0.4 is 11.2 Å². The van der Waals surface area contributed by atoms with Crippen LogP contribution in [0.5, 0.6) is 0 Å². The SMILES string of the molecule is CCOCC(=O)c1nc2c(Cl)cc(F)c(-n3c(=O)cc(C(F)(F)F)n(C)c3=O)c2o1. The van der Waals surface area contributed by atoms with Crippen LogP contribution in [0, 0.1) is 5.82 Å². The van der Waals surface area contributed by atoms with Gasteiger partial charge >= 0.3 is 11.9 Å². The van der Waals surface area contributed by atoms with E-state index in [0.717, 1.165) is 7.05 Å². The topological polar surface area (TPSA) is 96.3 Å². The highest BCUT2D eigenvalue weighted by Gasteiger charge is 2.35. The Morgan fingerprint density at radius 1 is 1.30 bits per heavy atom. The molecule has 160 valence electrons. The second kappa shape index (κ2) is 7.69. The van der Waals surface area contributed by atoms with Crippen LogP contribution in [-0.2, 0) is 18.0 Å². The summed E-state index contributed by atoms with van der Waals surface area (Å²) in [6.45, 7) is 1.43. The molecule has 8 nitrogen and oxygen atoms in total. The molecule has 0 fully saturated rings. The van der Waals surface area contributed by atoms with Gasteiger partial charge in [0.1, 0.15) is 23.5 Å². The maximum absolute atomic E-state index is 14.7. The number of nitrogens with zero attached hydrogens (tertiary/aromatic N) is 3. The van der Waals surface area contributed by atoms with E-state index in [1.165, 1.54) is 0 Å². The van der Waals surface area contributed by atoms with Crippen molar-refractivity contribution in [3.8, 4) is 5.69 Å². The smallest absolute Gasteiger partial charge is 0.431 e. The summed E-state index contributed by atoms with van der Waals surface area (Å²) in [7, 11) is 0.767. The Morgan fingerprint density at radius 2 is 1.97 bits per heavy atom. The molecule has 0 amide bonds. The third kappa shape index (κ3) is 3.63. The molecule has 30 heavy (non-hydrogen) atoms. The molecule has 13 heteroatoms. The minimum atomic E-state index is -4.99. The van der Waals surface area contributed by atoms with E-state index >= 15 is 0 Å². The lowest BCUT2D eigenvalue weighted by molar-refractivity contribution is -0.144. The molecule has 0 saturated carbocycles. The summed E-state index contributed by atoms with van der Waals surface area (Å²) < 4.78 is 64.3. The highest BCUT2D eigenvalue weighted by atomic mass is 35.5. The van der Waals surface area contributed by atoms with E-state index in [2.05, 4.69) is 4.98 Å². The van der Waals surface area contributed by atoms with E-state index in [0.29, 0.717) is 6.07 Å². The normalized spacial score (nSPS) is 12.0. The standard InChI is InChI=1S/C17H12ClF4N3O5/c1-3-29-6-9(26)15-23-12-7(18)4-8(19)13(14(12)30-15)25-11(27)5-10(17(20,21)22)24(2)16(25)28/h4-5H,3,6H2,1-2H3. The fourth-order valence-electron chi connectivity index (χ4n) is 2.69. The van der Waals surface area contributed by atoms with Crippen LogP contribution in [0.2, 0.25) is 5.02 Å². The minimum Gasteiger partial charge on any atom is -0.431 e. The number of oxazole rings is 1. The summed E-state index contributed by atoms with van der Waals surface area (Å²) >= 11 is 5.92. The zero-order valence-corrected chi connectivity index (χ0v) is 16.1. The number of alkyl halides is 3. The molecule has 0 N–H and O–H groups in total. The van der Waals surface area contributed by atoms with Crippen molar-refractivity contribution < 1.29 is 31.5 Å². The van der Waals surface area contributed by atoms with Crippen LogP contribution in [-0.4, -0.2) is 33.1 Å². The van der Waals surface area contributed by atoms with Crippen LogP contribution in [0.4, 0.5) is 17.6 Å². The predicted octanol–water partition coefficient (Wildman–Crippen LogP) is 2.71. The molecule has 0 atom stereocenters. The molecule has 3 rings (SSSR count). The second-order valence-electron chi connectivity index (χ2n) is 5.99. The van der Waals surface area contributed by atoms with Gasteiger partial charge in [0.2, 0.25) is 5.78 Å². The second-order valence-corrected chi connectivity index (χ2v) is 6.40. The maximum Gasteiger partial charge on any atom is 0.431 e. The number of aromatic nitrogens is 3. The average molecular weight is 450 g/mol. The summed E-state index contributed by atoms with van der Waals surface area (Å²) in [5.41, 5.74) is -6.12. The van der Waals surface area contributed by atoms with Crippen molar-refractivity contribution in [1.82, 2.24) is 14.1 Å². The number of rotatable bonds is 5. The summed E-state index contributed by atoms with van der Waals surface area (Å²) in [6.07, 6.45) is -4.99. The first-order chi connectivity index (χ1) is 14.0. The van der Waals surface area contributed by atoms with E-state index in [9.17, 15) is 31.9 Å². The summed E-state index contributed by atoms with van der Waals surface area (Å²) in [5, 5.41) is -0.303. The van der Waals surface area contributed by atoms with Gasteiger partial charge in [-0.25, -0.2) is 18.7 Å². The fraction of sp³-hybridized carbons (Fsp3) is 0.294. The Balaban J connectivity index is 2.33. The minimum absolute atomic E-state index is 0.138. The van der Waals surface area contributed by atoms with Crippen molar-refractivity contribution in [2.45, 2.75) is 13.1 Å². The lowest BCUT2D eigenvalue weighted by Gasteiger charge is -2.14. The lowest BCUT2D eigenvalue weighted by atomic mass is 10.2. The van der Waals surface area contributed by atoms with E-state index in [4.69, 9.17) is 20.8 Å². The zero-order chi connectivity index (χ0) is 22.4. The highest BCUT2D eigenvalue weighted by molar-refractivity contribution is 6.35. The van der Waals surface area contributed by atoms with Gasteiger partial charge in [0, 0.05) is 19.7 Å². The van der Waals surface area contributed by atoms with Gasteiger partial charge in [-0.1, -0.05) is 11.6 Å². The number of Topliss-reactive ketones (excluding diaryl/α,β-unsaturated/α-hetero) is 1. The molecule has 3 aromatic rings. The number of carbonyl (C=O) groups is 1. The third-order valence-corrected chi connectivity index (χ3v) is 4.35. The van der Waals surface area contributed by atoms with Crippen molar-refractivity contribution >= 4 is 28.5 Å². The molecule has 0 bridgehead atoms. The quantitative estimate of drug-likeness (QED) is 0.439. The van der Waals surface area contributed by atoms with Crippen molar-refractivity contribution in [2.75, 3.05) is 13.2 Å². The first kappa shape index (κ1) is 21.7. The first-order valence-corrected chi connectivity index (χ1v) is 8.65. The first-order valence-electron chi connectivity index (χ1n) is 8.27. The van der Waals surface area contributed by atoms with Crippen LogP contribution >= 0.6 is 11.6 Å². The van der Waals surface area contributed by atoms with Gasteiger partial charge in [-0.2, -0.15) is 13.2 Å². The average Bonchev–Trinajstić information content (AvgIpc) is 3.10. The number of ether oxygens (including phenoxy) is 1. The molecule has 0 saturated heterocycles. The molecule has 0 spiro atoms. The lowest BCUT2D eigenvalue weighted by Crippen LogP contribution is -2.41. The van der Waals surface area contributed by atoms with Crippen molar-refractivity contribution in [2.24, 2.45) is 7.05 Å². The van der Waals surface area contributed by atoms with Gasteiger partial charge in [0.25, 0.3) is 11.4 Å². The fourth-order valence-corrected chi connectivity index (χ4v) is 2.91. The number of carbonyl (C=O) groups excluding carboxylic acids is 1. The summed E-state index contributed by atoms with van der Waals surface area (Å²) in [4.78, 5) is 40.7. The Bertz CT molecular complexity index is 1280. The Labute approximate surface area is 169 Å². The van der Waals surface area contributed by atoms with Gasteiger partial charge < -0.3 is 9.15 Å². The number of benzene rings is 1. The summed E-state index contributed by atoms with van der Waals surface area (Å²) in [6, 6.07) is 0.834. The highest BCUT2D eigenvalue weighted by Crippen LogP contribution is 2.32. The third-order valence-electron chi connectivity index (χ3n) is 4.06. The Morgan fingerprint density at radius 3 is 2.57 bits per heavy atom. The molecule has 0 radical (unpaired) electrons. The maximum atomic E-state index is 14.7. The van der Waals surface area contributed by atoms with Gasteiger partial charge in [-0.05, 0) is 13.0 Å². The molecule has 2 heterocycles. The van der Waals surface area contributed by atoms with Crippen LogP contribution in [0.1, 0.15) is 23.3 Å². The molecule has 0 aliphatic rings. The Kier molecular flexibility index (Phi) is 5.56. The molecule has 0 unspecified atom stereocenters. The van der Waals surface area contributed by atoms with Crippen molar-refractivity contribution in [3.63, 3.8) is 0 Å². The predicted molar refractivity (Wildman–Crippen MR) is 95.6 cm³/mol. The van der Waals surface area contributed by atoms with E-state index in [1.807, 2.05) is 0 Å². The van der Waals surface area contributed by atoms with E-state index in [1.54, 1.807) is 6.92 Å².